The second-order valence-electron chi connectivity index (χ2n) is 5.68. The van der Waals surface area contributed by atoms with E-state index in [1.54, 1.807) is 0 Å². The molecule has 0 bridgehead atoms. The number of hydrogen-bond acceptors (Lipinski definition) is 5. The molecule has 5 nitrogen and oxygen atoms in total. The van der Waals surface area contributed by atoms with Crippen molar-refractivity contribution in [3.05, 3.63) is 18.3 Å². The maximum Gasteiger partial charge on any atom is 0.128 e. The summed E-state index contributed by atoms with van der Waals surface area (Å²) in [4.78, 5) is 6.73. The van der Waals surface area contributed by atoms with E-state index in [4.69, 9.17) is 4.74 Å². The topological polar surface area (TPSA) is 57.6 Å². The van der Waals surface area contributed by atoms with Crippen LogP contribution in [0.1, 0.15) is 20.3 Å². The lowest BCUT2D eigenvalue weighted by Gasteiger charge is -2.28. The molecule has 0 amide bonds. The van der Waals surface area contributed by atoms with Crippen LogP contribution in [0.2, 0.25) is 0 Å². The van der Waals surface area contributed by atoms with Crippen LogP contribution in [-0.2, 0) is 4.74 Å². The molecule has 2 rings (SSSR count). The summed E-state index contributed by atoms with van der Waals surface area (Å²) in [6.45, 7) is 8.46. The highest BCUT2D eigenvalue weighted by atomic mass is 16.5. The molecule has 1 aromatic heterocycles. The first-order valence-corrected chi connectivity index (χ1v) is 7.30. The fourth-order valence-corrected chi connectivity index (χ4v) is 2.08. The molecule has 1 aromatic rings. The Kier molecular flexibility index (Phi) is 5.20. The Bertz CT molecular complexity index is 398. The minimum absolute atomic E-state index is 0.0805. The molecule has 2 N–H and O–H groups in total. The summed E-state index contributed by atoms with van der Waals surface area (Å²) in [7, 11) is 0. The molecular weight excluding hydrogens is 254 g/mol. The molecule has 1 saturated heterocycles. The van der Waals surface area contributed by atoms with Gasteiger partial charge in [0.2, 0.25) is 0 Å². The van der Waals surface area contributed by atoms with Crippen LogP contribution in [0.25, 0.3) is 0 Å². The molecule has 5 heteroatoms. The summed E-state index contributed by atoms with van der Waals surface area (Å²) in [5.74, 6) is 0.999. The minimum Gasteiger partial charge on any atom is -0.396 e. The molecule has 1 atom stereocenters. The van der Waals surface area contributed by atoms with Crippen molar-refractivity contribution < 1.29 is 9.84 Å². The number of rotatable bonds is 6. The minimum atomic E-state index is -0.0805. The van der Waals surface area contributed by atoms with Gasteiger partial charge in [-0.3, -0.25) is 0 Å². The van der Waals surface area contributed by atoms with Gasteiger partial charge in [-0.05, 0) is 18.6 Å². The monoisotopic (exact) mass is 279 g/mol. The molecule has 1 aliphatic rings. The Morgan fingerprint density at radius 1 is 1.40 bits per heavy atom. The number of pyridine rings is 1. The Hall–Kier alpha value is -1.33. The van der Waals surface area contributed by atoms with Crippen molar-refractivity contribution in [1.82, 2.24) is 4.98 Å². The van der Waals surface area contributed by atoms with Gasteiger partial charge in [-0.15, -0.1) is 0 Å². The van der Waals surface area contributed by atoms with Gasteiger partial charge in [0.05, 0.1) is 31.7 Å². The third kappa shape index (κ3) is 3.84. The largest absolute Gasteiger partial charge is 0.396 e. The maximum atomic E-state index is 9.40. The average molecular weight is 279 g/mol. The second-order valence-corrected chi connectivity index (χ2v) is 5.68. The highest BCUT2D eigenvalue weighted by Crippen LogP contribution is 2.21. The smallest absolute Gasteiger partial charge is 0.128 e. The zero-order valence-electron chi connectivity index (χ0n) is 12.4. The van der Waals surface area contributed by atoms with Crippen LogP contribution < -0.4 is 10.2 Å². The summed E-state index contributed by atoms with van der Waals surface area (Å²) in [6, 6.07) is 4.08. The Balaban J connectivity index is 1.91. The van der Waals surface area contributed by atoms with Crippen LogP contribution >= 0.6 is 0 Å². The molecule has 2 heterocycles. The third-order valence-electron chi connectivity index (χ3n) is 4.04. The Labute approximate surface area is 121 Å². The van der Waals surface area contributed by atoms with E-state index in [2.05, 4.69) is 29.0 Å². The average Bonchev–Trinajstić information content (AvgIpc) is 2.54. The molecule has 0 aromatic carbocycles. The maximum absolute atomic E-state index is 9.40. The summed E-state index contributed by atoms with van der Waals surface area (Å²) in [5, 5.41) is 12.8. The van der Waals surface area contributed by atoms with Crippen LogP contribution in [0.3, 0.4) is 0 Å². The first kappa shape index (κ1) is 15.1. The number of aliphatic hydroxyl groups excluding tert-OH is 1. The van der Waals surface area contributed by atoms with Gasteiger partial charge in [-0.1, -0.05) is 13.8 Å². The number of anilines is 2. The predicted molar refractivity (Wildman–Crippen MR) is 81.2 cm³/mol. The molecule has 20 heavy (non-hydrogen) atoms. The third-order valence-corrected chi connectivity index (χ3v) is 4.04. The van der Waals surface area contributed by atoms with Crippen molar-refractivity contribution in [2.75, 3.05) is 49.7 Å². The Morgan fingerprint density at radius 3 is 2.70 bits per heavy atom. The molecule has 0 saturated carbocycles. The van der Waals surface area contributed by atoms with E-state index >= 15 is 0 Å². The van der Waals surface area contributed by atoms with E-state index in [0.29, 0.717) is 0 Å². The van der Waals surface area contributed by atoms with Crippen LogP contribution in [0.5, 0.6) is 0 Å². The zero-order chi connectivity index (χ0) is 14.4. The molecule has 1 unspecified atom stereocenters. The van der Waals surface area contributed by atoms with Gasteiger partial charge in [-0.25, -0.2) is 4.98 Å². The van der Waals surface area contributed by atoms with Gasteiger partial charge in [0.15, 0.2) is 0 Å². The van der Waals surface area contributed by atoms with Gasteiger partial charge in [0.1, 0.15) is 5.82 Å². The summed E-state index contributed by atoms with van der Waals surface area (Å²) < 4.78 is 5.34. The van der Waals surface area contributed by atoms with Gasteiger partial charge in [0, 0.05) is 25.0 Å². The fourth-order valence-electron chi connectivity index (χ4n) is 2.08. The number of nitrogens with one attached hydrogen (secondary N) is 1. The second kappa shape index (κ2) is 6.90. The van der Waals surface area contributed by atoms with Crippen LogP contribution in [0.4, 0.5) is 11.5 Å². The highest BCUT2D eigenvalue weighted by molar-refractivity contribution is 5.48. The molecule has 1 fully saturated rings. The van der Waals surface area contributed by atoms with Crippen molar-refractivity contribution in [2.45, 2.75) is 20.3 Å². The first-order valence-electron chi connectivity index (χ1n) is 7.30. The van der Waals surface area contributed by atoms with Crippen molar-refractivity contribution in [3.8, 4) is 0 Å². The standard InChI is InChI=1S/C15H25N3O2/c1-3-15(2,12-19)11-17-13-4-5-14(16-10-13)18-6-8-20-9-7-18/h4-5,10,17,19H,3,6-9,11-12H2,1-2H3. The molecular formula is C15H25N3O2. The van der Waals surface area contributed by atoms with Gasteiger partial charge >= 0.3 is 0 Å². The predicted octanol–water partition coefficient (Wildman–Crippen LogP) is 1.74. The Morgan fingerprint density at radius 2 is 2.15 bits per heavy atom. The van der Waals surface area contributed by atoms with Gasteiger partial charge in [0.25, 0.3) is 0 Å². The molecule has 0 spiro atoms. The van der Waals surface area contributed by atoms with E-state index < -0.39 is 0 Å². The van der Waals surface area contributed by atoms with E-state index in [1.807, 2.05) is 18.3 Å². The van der Waals surface area contributed by atoms with Crippen molar-refractivity contribution in [1.29, 1.82) is 0 Å². The quantitative estimate of drug-likeness (QED) is 0.830. The van der Waals surface area contributed by atoms with E-state index in [1.165, 1.54) is 0 Å². The number of ether oxygens (including phenoxy) is 1. The molecule has 0 aliphatic carbocycles. The molecule has 1 aliphatic heterocycles. The molecule has 112 valence electrons. The van der Waals surface area contributed by atoms with E-state index in [0.717, 1.165) is 50.8 Å². The first-order chi connectivity index (χ1) is 9.67. The van der Waals surface area contributed by atoms with Crippen LogP contribution in [-0.4, -0.2) is 49.5 Å². The number of aromatic nitrogens is 1. The number of aliphatic hydroxyl groups is 1. The normalized spacial score (nSPS) is 18.6. The lowest BCUT2D eigenvalue weighted by molar-refractivity contribution is 0.122. The SMILES string of the molecule is CCC(C)(CO)CNc1ccc(N2CCOCC2)nc1. The van der Waals surface area contributed by atoms with Gasteiger partial charge in [-0.2, -0.15) is 0 Å². The van der Waals surface area contributed by atoms with Crippen molar-refractivity contribution in [3.63, 3.8) is 0 Å². The lowest BCUT2D eigenvalue weighted by atomic mass is 9.88. The number of morpholine rings is 1. The number of nitrogens with zero attached hydrogens (tertiary/aromatic N) is 2. The lowest BCUT2D eigenvalue weighted by Crippen LogP contribution is -2.36. The zero-order valence-corrected chi connectivity index (χ0v) is 12.4. The highest BCUT2D eigenvalue weighted by Gasteiger charge is 2.20. The summed E-state index contributed by atoms with van der Waals surface area (Å²) in [5.41, 5.74) is 0.915. The summed E-state index contributed by atoms with van der Waals surface area (Å²) in [6.07, 6.45) is 2.80. The van der Waals surface area contributed by atoms with Gasteiger partial charge < -0.3 is 20.1 Å². The molecule has 0 radical (unpaired) electrons. The van der Waals surface area contributed by atoms with E-state index in [9.17, 15) is 5.11 Å². The van der Waals surface area contributed by atoms with E-state index in [-0.39, 0.29) is 12.0 Å². The summed E-state index contributed by atoms with van der Waals surface area (Å²) >= 11 is 0. The fraction of sp³-hybridized carbons (Fsp3) is 0.667. The van der Waals surface area contributed by atoms with Crippen LogP contribution in [0.15, 0.2) is 18.3 Å². The number of hydrogen-bond donors (Lipinski definition) is 2. The van der Waals surface area contributed by atoms with Crippen molar-refractivity contribution >= 4 is 11.5 Å². The van der Waals surface area contributed by atoms with Crippen LogP contribution in [0, 0.1) is 5.41 Å². The van der Waals surface area contributed by atoms with Crippen molar-refractivity contribution in [2.24, 2.45) is 5.41 Å².